The van der Waals surface area contributed by atoms with Gasteiger partial charge in [-0.1, -0.05) is 30.3 Å². The molecule has 1 fully saturated rings. The minimum Gasteiger partial charge on any atom is -0.354 e. The number of hydrogen-bond donors (Lipinski definition) is 2. The molecule has 2 N–H and O–H groups in total. The SMILES string of the molecule is CN(C)C(=NCc1ccccc1)NCCN1C(=O)CNC1=O.I. The van der Waals surface area contributed by atoms with Gasteiger partial charge in [0.2, 0.25) is 5.91 Å². The number of guanidine groups is 1. The lowest BCUT2D eigenvalue weighted by molar-refractivity contribution is -0.124. The van der Waals surface area contributed by atoms with E-state index in [9.17, 15) is 9.59 Å². The lowest BCUT2D eigenvalue weighted by Crippen LogP contribution is -2.42. The molecule has 0 aromatic heterocycles. The molecule has 1 aliphatic rings. The second-order valence-corrected chi connectivity index (χ2v) is 5.15. The zero-order valence-corrected chi connectivity index (χ0v) is 15.6. The Morgan fingerprint density at radius 1 is 1.30 bits per heavy atom. The van der Waals surface area contributed by atoms with E-state index < -0.39 is 0 Å². The number of rotatable bonds is 5. The average Bonchev–Trinajstić information content (AvgIpc) is 2.83. The fraction of sp³-hybridized carbons (Fsp3) is 0.400. The fourth-order valence-corrected chi connectivity index (χ4v) is 2.07. The van der Waals surface area contributed by atoms with Crippen LogP contribution in [0.1, 0.15) is 5.56 Å². The molecule has 0 unspecified atom stereocenters. The Morgan fingerprint density at radius 2 is 2.00 bits per heavy atom. The molecule has 0 aliphatic carbocycles. The van der Waals surface area contributed by atoms with Crippen molar-refractivity contribution in [3.63, 3.8) is 0 Å². The molecule has 2 rings (SSSR count). The van der Waals surface area contributed by atoms with Gasteiger partial charge in [-0.25, -0.2) is 9.79 Å². The van der Waals surface area contributed by atoms with Gasteiger partial charge in [0.05, 0.1) is 13.1 Å². The maximum Gasteiger partial charge on any atom is 0.324 e. The Hall–Kier alpha value is -1.84. The predicted molar refractivity (Wildman–Crippen MR) is 99.8 cm³/mol. The zero-order chi connectivity index (χ0) is 15.9. The Kier molecular flexibility index (Phi) is 7.79. The topological polar surface area (TPSA) is 77.0 Å². The van der Waals surface area contributed by atoms with E-state index in [1.54, 1.807) is 0 Å². The van der Waals surface area contributed by atoms with E-state index in [1.807, 2.05) is 49.3 Å². The Labute approximate surface area is 153 Å². The van der Waals surface area contributed by atoms with Gasteiger partial charge in [-0.05, 0) is 5.56 Å². The molecular weight excluding hydrogens is 409 g/mol. The number of urea groups is 1. The van der Waals surface area contributed by atoms with E-state index in [1.165, 1.54) is 4.90 Å². The molecule has 23 heavy (non-hydrogen) atoms. The number of benzene rings is 1. The largest absolute Gasteiger partial charge is 0.354 e. The van der Waals surface area contributed by atoms with Gasteiger partial charge in [-0.3, -0.25) is 9.69 Å². The molecule has 1 saturated heterocycles. The van der Waals surface area contributed by atoms with Crippen LogP contribution in [0.2, 0.25) is 0 Å². The Morgan fingerprint density at radius 3 is 2.57 bits per heavy atom. The lowest BCUT2D eigenvalue weighted by Gasteiger charge is -2.19. The first-order chi connectivity index (χ1) is 10.6. The summed E-state index contributed by atoms with van der Waals surface area (Å²) in [6.07, 6.45) is 0. The van der Waals surface area contributed by atoms with Gasteiger partial charge < -0.3 is 15.5 Å². The molecule has 8 heteroatoms. The fourth-order valence-electron chi connectivity index (χ4n) is 2.07. The quantitative estimate of drug-likeness (QED) is 0.314. The first kappa shape index (κ1) is 19.2. The Bertz CT molecular complexity index is 546. The summed E-state index contributed by atoms with van der Waals surface area (Å²) < 4.78 is 0. The van der Waals surface area contributed by atoms with Crippen molar-refractivity contribution >= 4 is 41.9 Å². The zero-order valence-electron chi connectivity index (χ0n) is 13.3. The average molecular weight is 431 g/mol. The number of aliphatic imine (C=N–C) groups is 1. The van der Waals surface area contributed by atoms with Crippen molar-refractivity contribution in [2.24, 2.45) is 4.99 Å². The third-order valence-electron chi connectivity index (χ3n) is 3.23. The van der Waals surface area contributed by atoms with Crippen molar-refractivity contribution in [1.82, 2.24) is 20.4 Å². The van der Waals surface area contributed by atoms with Gasteiger partial charge in [-0.15, -0.1) is 24.0 Å². The van der Waals surface area contributed by atoms with Crippen LogP contribution >= 0.6 is 24.0 Å². The van der Waals surface area contributed by atoms with Crippen LogP contribution in [0.3, 0.4) is 0 Å². The third-order valence-corrected chi connectivity index (χ3v) is 3.23. The second kappa shape index (κ2) is 9.33. The summed E-state index contributed by atoms with van der Waals surface area (Å²) in [4.78, 5) is 30.5. The van der Waals surface area contributed by atoms with Crippen LogP contribution in [0.5, 0.6) is 0 Å². The van der Waals surface area contributed by atoms with Crippen molar-refractivity contribution in [2.75, 3.05) is 33.7 Å². The molecule has 1 aromatic carbocycles. The number of halogens is 1. The number of amides is 3. The van der Waals surface area contributed by atoms with Gasteiger partial charge in [0.25, 0.3) is 0 Å². The smallest absolute Gasteiger partial charge is 0.324 e. The highest BCUT2D eigenvalue weighted by Crippen LogP contribution is 2.01. The van der Waals surface area contributed by atoms with E-state index in [0.29, 0.717) is 19.6 Å². The summed E-state index contributed by atoms with van der Waals surface area (Å²) in [6.45, 7) is 1.44. The van der Waals surface area contributed by atoms with Gasteiger partial charge in [0, 0.05) is 27.2 Å². The lowest BCUT2D eigenvalue weighted by atomic mass is 10.2. The maximum absolute atomic E-state index is 11.5. The first-order valence-electron chi connectivity index (χ1n) is 7.15. The number of nitrogens with zero attached hydrogens (tertiary/aromatic N) is 3. The third kappa shape index (κ3) is 5.70. The van der Waals surface area contributed by atoms with Crippen molar-refractivity contribution in [1.29, 1.82) is 0 Å². The summed E-state index contributed by atoms with van der Waals surface area (Å²) >= 11 is 0. The molecule has 0 saturated carbocycles. The van der Waals surface area contributed by atoms with Crippen molar-refractivity contribution in [3.05, 3.63) is 35.9 Å². The molecule has 0 radical (unpaired) electrons. The molecule has 126 valence electrons. The van der Waals surface area contributed by atoms with E-state index in [2.05, 4.69) is 15.6 Å². The molecule has 1 heterocycles. The maximum atomic E-state index is 11.5. The van der Waals surface area contributed by atoms with E-state index in [-0.39, 0.29) is 42.5 Å². The van der Waals surface area contributed by atoms with Crippen LogP contribution in [0.25, 0.3) is 0 Å². The molecule has 0 bridgehead atoms. The highest BCUT2D eigenvalue weighted by molar-refractivity contribution is 14.0. The van der Waals surface area contributed by atoms with Crippen LogP contribution in [-0.4, -0.2) is 61.4 Å². The van der Waals surface area contributed by atoms with Crippen molar-refractivity contribution in [3.8, 4) is 0 Å². The van der Waals surface area contributed by atoms with Gasteiger partial charge in [0.15, 0.2) is 5.96 Å². The molecule has 7 nitrogen and oxygen atoms in total. The first-order valence-corrected chi connectivity index (χ1v) is 7.15. The highest BCUT2D eigenvalue weighted by atomic mass is 127. The van der Waals surface area contributed by atoms with E-state index in [0.717, 1.165) is 11.5 Å². The molecule has 3 amide bonds. The molecule has 0 spiro atoms. The number of nitrogens with one attached hydrogen (secondary N) is 2. The van der Waals surface area contributed by atoms with Gasteiger partial charge >= 0.3 is 6.03 Å². The number of imide groups is 1. The molecule has 0 atom stereocenters. The van der Waals surface area contributed by atoms with Crippen LogP contribution in [-0.2, 0) is 11.3 Å². The summed E-state index contributed by atoms with van der Waals surface area (Å²) in [5, 5.41) is 5.66. The van der Waals surface area contributed by atoms with E-state index >= 15 is 0 Å². The number of hydrogen-bond acceptors (Lipinski definition) is 3. The van der Waals surface area contributed by atoms with E-state index in [4.69, 9.17) is 0 Å². The molecule has 1 aromatic rings. The van der Waals surface area contributed by atoms with Crippen LogP contribution in [0.4, 0.5) is 4.79 Å². The Balaban J connectivity index is 0.00000264. The van der Waals surface area contributed by atoms with Crippen molar-refractivity contribution in [2.45, 2.75) is 6.54 Å². The van der Waals surface area contributed by atoms with Gasteiger partial charge in [0.1, 0.15) is 0 Å². The minimum absolute atomic E-state index is 0. The summed E-state index contributed by atoms with van der Waals surface area (Å²) in [6, 6.07) is 9.63. The summed E-state index contributed by atoms with van der Waals surface area (Å²) in [5.74, 6) is 0.523. The monoisotopic (exact) mass is 431 g/mol. The minimum atomic E-state index is -0.334. The normalized spacial score (nSPS) is 14.3. The van der Waals surface area contributed by atoms with Crippen LogP contribution in [0.15, 0.2) is 35.3 Å². The number of carbonyl (C=O) groups excluding carboxylic acids is 2. The van der Waals surface area contributed by atoms with Crippen LogP contribution in [0, 0.1) is 0 Å². The molecular formula is C15H22IN5O2. The second-order valence-electron chi connectivity index (χ2n) is 5.15. The highest BCUT2D eigenvalue weighted by Gasteiger charge is 2.27. The number of carbonyl (C=O) groups is 2. The molecule has 1 aliphatic heterocycles. The predicted octanol–water partition coefficient (Wildman–Crippen LogP) is 0.864. The van der Waals surface area contributed by atoms with Crippen molar-refractivity contribution < 1.29 is 9.59 Å². The standard InChI is InChI=1S/C15H21N5O2.HI/c1-19(2)14(17-10-12-6-4-3-5-7-12)16-8-9-20-13(21)11-18-15(20)22;/h3-7H,8-11H2,1-2H3,(H,16,17)(H,18,22);1H. The summed E-state index contributed by atoms with van der Waals surface area (Å²) in [5.41, 5.74) is 1.12. The van der Waals surface area contributed by atoms with Gasteiger partial charge in [-0.2, -0.15) is 0 Å². The van der Waals surface area contributed by atoms with Crippen LogP contribution < -0.4 is 10.6 Å². The summed E-state index contributed by atoms with van der Waals surface area (Å²) in [7, 11) is 3.79.